The molecule has 1 aromatic heterocycles. The number of hydrogen-bond acceptors (Lipinski definition) is 5. The van der Waals surface area contributed by atoms with Crippen LogP contribution in [0.15, 0.2) is 48.8 Å². The van der Waals surface area contributed by atoms with E-state index in [1.165, 1.54) is 28.8 Å². The first-order valence-corrected chi connectivity index (χ1v) is 12.2. The number of carboxylic acid groups (broad SMARTS) is 1. The fraction of sp³-hybridized carbons (Fsp3) is 0.423. The maximum Gasteiger partial charge on any atom is 0.415 e. The maximum atomic E-state index is 13.2. The van der Waals surface area contributed by atoms with E-state index < -0.39 is 29.6 Å². The van der Waals surface area contributed by atoms with Crippen LogP contribution in [0.1, 0.15) is 55.5 Å². The molecule has 1 aliphatic carbocycles. The minimum atomic E-state index is -1.22. The molecule has 1 heterocycles. The van der Waals surface area contributed by atoms with Crippen LogP contribution < -0.4 is 9.88 Å². The topological polar surface area (TPSA) is 117 Å². The molecular formula is C26H31ClN3O6+. The molecule has 36 heavy (non-hydrogen) atoms. The van der Waals surface area contributed by atoms with Gasteiger partial charge in [0, 0.05) is 30.1 Å². The number of ether oxygens (including phenoxy) is 1. The highest BCUT2D eigenvalue weighted by atomic mass is 35.5. The lowest BCUT2D eigenvalue weighted by Crippen LogP contribution is -2.55. The molecule has 1 saturated carbocycles. The van der Waals surface area contributed by atoms with Gasteiger partial charge in [0.2, 0.25) is 0 Å². The summed E-state index contributed by atoms with van der Waals surface area (Å²) in [5, 5.41) is 12.2. The molecule has 1 aliphatic rings. The summed E-state index contributed by atoms with van der Waals surface area (Å²) < 4.78 is 6.98. The number of pyridine rings is 1. The summed E-state index contributed by atoms with van der Waals surface area (Å²) in [6.45, 7) is 3.18. The van der Waals surface area contributed by atoms with Crippen LogP contribution in [0.25, 0.3) is 0 Å². The monoisotopic (exact) mass is 516 g/mol. The van der Waals surface area contributed by atoms with Gasteiger partial charge in [-0.05, 0) is 37.3 Å². The zero-order valence-electron chi connectivity index (χ0n) is 20.6. The Hall–Kier alpha value is -3.46. The third-order valence-electron chi connectivity index (χ3n) is 6.50. The summed E-state index contributed by atoms with van der Waals surface area (Å²) in [6.07, 6.45) is 4.63. The molecule has 10 heteroatoms. The average molecular weight is 517 g/mol. The second-order valence-corrected chi connectivity index (χ2v) is 9.62. The summed E-state index contributed by atoms with van der Waals surface area (Å²) in [4.78, 5) is 51.6. The van der Waals surface area contributed by atoms with Gasteiger partial charge < -0.3 is 15.2 Å². The van der Waals surface area contributed by atoms with E-state index in [-0.39, 0.29) is 24.0 Å². The Morgan fingerprint density at radius 1 is 1.19 bits per heavy atom. The van der Waals surface area contributed by atoms with Crippen molar-refractivity contribution in [3.63, 3.8) is 0 Å². The lowest BCUT2D eigenvalue weighted by molar-refractivity contribution is -0.727. The predicted octanol–water partition coefficient (Wildman–Crippen LogP) is 3.53. The van der Waals surface area contributed by atoms with Crippen LogP contribution in [0.2, 0.25) is 5.02 Å². The lowest BCUT2D eigenvalue weighted by atomic mass is 9.74. The molecule has 9 nitrogen and oxygen atoms in total. The van der Waals surface area contributed by atoms with E-state index in [1.54, 1.807) is 50.4 Å². The number of amides is 2. The van der Waals surface area contributed by atoms with Gasteiger partial charge in [0.05, 0.1) is 0 Å². The van der Waals surface area contributed by atoms with Crippen LogP contribution in [0, 0.1) is 5.92 Å². The molecule has 0 saturated heterocycles. The van der Waals surface area contributed by atoms with Gasteiger partial charge in [-0.1, -0.05) is 43.6 Å². The molecule has 2 atom stereocenters. The van der Waals surface area contributed by atoms with E-state index >= 15 is 0 Å². The van der Waals surface area contributed by atoms with Crippen molar-refractivity contribution in [1.82, 2.24) is 10.2 Å². The Balaban J connectivity index is 1.76. The molecule has 3 rings (SSSR count). The first-order chi connectivity index (χ1) is 17.1. The van der Waals surface area contributed by atoms with Crippen LogP contribution in [-0.2, 0) is 26.6 Å². The number of Topliss-reactive ketones (excluding diaryl/α,β-unsaturated/α-hetero) is 1. The van der Waals surface area contributed by atoms with E-state index in [2.05, 4.69) is 5.32 Å². The van der Waals surface area contributed by atoms with Gasteiger partial charge in [0.15, 0.2) is 18.2 Å². The molecule has 0 unspecified atom stereocenters. The highest BCUT2D eigenvalue weighted by molar-refractivity contribution is 6.31. The first kappa shape index (κ1) is 27.1. The zero-order chi connectivity index (χ0) is 26.5. The second-order valence-electron chi connectivity index (χ2n) is 9.21. The van der Waals surface area contributed by atoms with Gasteiger partial charge >= 0.3 is 12.1 Å². The minimum Gasteiger partial charge on any atom is -0.480 e. The Labute approximate surface area is 215 Å². The van der Waals surface area contributed by atoms with Crippen LogP contribution in [0.4, 0.5) is 4.79 Å². The van der Waals surface area contributed by atoms with Gasteiger partial charge in [-0.15, -0.1) is 0 Å². The smallest absolute Gasteiger partial charge is 0.415 e. The van der Waals surface area contributed by atoms with E-state index in [0.717, 1.165) is 12.8 Å². The van der Waals surface area contributed by atoms with Crippen molar-refractivity contribution >= 4 is 35.4 Å². The lowest BCUT2D eigenvalue weighted by Gasteiger charge is -2.43. The Morgan fingerprint density at radius 2 is 1.92 bits per heavy atom. The summed E-state index contributed by atoms with van der Waals surface area (Å²) in [5.41, 5.74) is -0.438. The molecule has 0 spiro atoms. The number of ketones is 1. The third-order valence-corrected chi connectivity index (χ3v) is 6.83. The van der Waals surface area contributed by atoms with E-state index in [1.807, 2.05) is 0 Å². The molecule has 1 aromatic carbocycles. The Bertz CT molecular complexity index is 1150. The van der Waals surface area contributed by atoms with Crippen molar-refractivity contribution in [2.75, 3.05) is 7.05 Å². The standard InChI is InChI=1S/C26H30ClN3O6/c1-17(2)22(24(33)34)28-23(32)18-9-8-14-30(15-18)16-36-25(35)29(3)26(13-7-6-12-21(26)31)19-10-4-5-11-20(19)27/h4-5,8-11,14-15,17,22H,6-7,12-13,16H2,1-3H3,(H-,28,32,33,34)/p+1/t22-,26-/m0/s1. The van der Waals surface area contributed by atoms with Crippen molar-refractivity contribution in [2.45, 2.75) is 57.8 Å². The van der Waals surface area contributed by atoms with Crippen molar-refractivity contribution in [1.29, 1.82) is 0 Å². The number of carbonyl (C=O) groups is 4. The molecule has 1 fully saturated rings. The van der Waals surface area contributed by atoms with Crippen LogP contribution in [0.3, 0.4) is 0 Å². The number of carbonyl (C=O) groups excluding carboxylic acids is 3. The SMILES string of the molecule is CC(C)[C@H](NC(=O)c1ccc[n+](COC(=O)N(C)[C@]2(c3ccccc3Cl)CCCCC2=O)c1)C(=O)O. The third kappa shape index (κ3) is 5.67. The van der Waals surface area contributed by atoms with Crippen molar-refractivity contribution in [3.8, 4) is 0 Å². The minimum absolute atomic E-state index is 0.0919. The number of benzene rings is 1. The molecule has 0 aliphatic heterocycles. The Morgan fingerprint density at radius 3 is 2.56 bits per heavy atom. The average Bonchev–Trinajstić information content (AvgIpc) is 2.86. The molecule has 2 aromatic rings. The summed E-state index contributed by atoms with van der Waals surface area (Å²) >= 11 is 6.45. The number of aliphatic carboxylic acids is 1. The Kier molecular flexibility index (Phi) is 8.68. The number of likely N-dealkylation sites (N-methyl/N-ethyl adjacent to an activating group) is 1. The highest BCUT2D eigenvalue weighted by Gasteiger charge is 2.48. The quantitative estimate of drug-likeness (QED) is 0.518. The fourth-order valence-corrected chi connectivity index (χ4v) is 4.78. The van der Waals surface area contributed by atoms with Gasteiger partial charge in [-0.3, -0.25) is 14.5 Å². The van der Waals surface area contributed by atoms with Crippen LogP contribution >= 0.6 is 11.6 Å². The molecule has 192 valence electrons. The first-order valence-electron chi connectivity index (χ1n) is 11.8. The van der Waals surface area contributed by atoms with Gasteiger partial charge in [-0.2, -0.15) is 4.57 Å². The van der Waals surface area contributed by atoms with E-state index in [4.69, 9.17) is 16.3 Å². The number of nitrogens with one attached hydrogen (secondary N) is 1. The summed E-state index contributed by atoms with van der Waals surface area (Å²) in [7, 11) is 1.53. The molecule has 0 bridgehead atoms. The van der Waals surface area contributed by atoms with Crippen molar-refractivity contribution in [2.24, 2.45) is 5.92 Å². The van der Waals surface area contributed by atoms with Gasteiger partial charge in [0.1, 0.15) is 17.1 Å². The van der Waals surface area contributed by atoms with Crippen molar-refractivity contribution in [3.05, 3.63) is 64.9 Å². The van der Waals surface area contributed by atoms with Crippen molar-refractivity contribution < 1.29 is 33.6 Å². The zero-order valence-corrected chi connectivity index (χ0v) is 21.3. The highest BCUT2D eigenvalue weighted by Crippen LogP contribution is 2.42. The van der Waals surface area contributed by atoms with Crippen LogP contribution in [-0.4, -0.2) is 46.8 Å². The summed E-state index contributed by atoms with van der Waals surface area (Å²) in [6, 6.07) is 9.09. The molecule has 2 amide bonds. The molecule has 2 N–H and O–H groups in total. The predicted molar refractivity (Wildman–Crippen MR) is 131 cm³/mol. The molecular weight excluding hydrogens is 486 g/mol. The maximum absolute atomic E-state index is 13.2. The number of hydrogen-bond donors (Lipinski definition) is 2. The number of halogens is 1. The van der Waals surface area contributed by atoms with Gasteiger partial charge in [0.25, 0.3) is 12.6 Å². The number of aromatic nitrogens is 1. The second kappa shape index (κ2) is 11.5. The largest absolute Gasteiger partial charge is 0.480 e. The van der Waals surface area contributed by atoms with E-state index in [9.17, 15) is 24.3 Å². The molecule has 0 radical (unpaired) electrons. The van der Waals surface area contributed by atoms with E-state index in [0.29, 0.717) is 23.4 Å². The van der Waals surface area contributed by atoms with Crippen LogP contribution in [0.5, 0.6) is 0 Å². The number of carboxylic acids is 1. The fourth-order valence-electron chi connectivity index (χ4n) is 4.49. The van der Waals surface area contributed by atoms with Gasteiger partial charge in [-0.25, -0.2) is 9.59 Å². The normalized spacial score (nSPS) is 18.4. The number of rotatable bonds is 8. The summed E-state index contributed by atoms with van der Waals surface area (Å²) in [5.74, 6) is -2.07. The number of nitrogens with zero attached hydrogens (tertiary/aromatic N) is 2.